The van der Waals surface area contributed by atoms with Crippen molar-refractivity contribution in [2.45, 2.75) is 11.8 Å². The zero-order valence-electron chi connectivity index (χ0n) is 18.4. The Balaban J connectivity index is 1.61. The van der Waals surface area contributed by atoms with Gasteiger partial charge in [0.2, 0.25) is 5.90 Å². The molecule has 0 radical (unpaired) electrons. The lowest BCUT2D eigenvalue weighted by atomic mass is 10.1. The number of hydrogen-bond donors (Lipinski definition) is 0. The second-order valence-electron chi connectivity index (χ2n) is 7.05. The Labute approximate surface area is 197 Å². The Morgan fingerprint density at radius 2 is 1.71 bits per heavy atom. The predicted octanol–water partition coefficient (Wildman–Crippen LogP) is 4.21. The monoisotopic (exact) mass is 479 g/mol. The maximum atomic E-state index is 12.6. The van der Waals surface area contributed by atoms with E-state index in [0.717, 1.165) is 0 Å². The predicted molar refractivity (Wildman–Crippen MR) is 125 cm³/mol. The van der Waals surface area contributed by atoms with Crippen LogP contribution in [0.15, 0.2) is 88.4 Å². The number of benzene rings is 3. The Morgan fingerprint density at radius 3 is 2.38 bits per heavy atom. The Kier molecular flexibility index (Phi) is 6.65. The smallest absolute Gasteiger partial charge is 0.363 e. The van der Waals surface area contributed by atoms with E-state index in [1.807, 2.05) is 0 Å². The molecule has 0 fully saturated rings. The summed E-state index contributed by atoms with van der Waals surface area (Å²) in [5.41, 5.74) is 1.28. The van der Waals surface area contributed by atoms with Gasteiger partial charge in [0.25, 0.3) is 0 Å². The summed E-state index contributed by atoms with van der Waals surface area (Å²) in [5, 5.41) is 0. The largest absolute Gasteiger partial charge is 0.497 e. The number of nitrogens with zero attached hydrogens (tertiary/aromatic N) is 1. The van der Waals surface area contributed by atoms with Gasteiger partial charge in [-0.25, -0.2) is 9.79 Å². The number of aliphatic imine (C=N–C) groups is 1. The van der Waals surface area contributed by atoms with Crippen LogP contribution in [0.3, 0.4) is 0 Å². The van der Waals surface area contributed by atoms with Crippen molar-refractivity contribution in [3.05, 3.63) is 89.6 Å². The molecule has 8 nitrogen and oxygen atoms in total. The van der Waals surface area contributed by atoms with Crippen LogP contribution in [0, 0.1) is 0 Å². The van der Waals surface area contributed by atoms with Gasteiger partial charge in [-0.05, 0) is 67.1 Å². The second kappa shape index (κ2) is 9.80. The van der Waals surface area contributed by atoms with Gasteiger partial charge < -0.3 is 18.4 Å². The molecule has 3 aromatic carbocycles. The van der Waals surface area contributed by atoms with Crippen LogP contribution in [0.2, 0.25) is 0 Å². The average molecular weight is 480 g/mol. The first-order valence-electron chi connectivity index (χ1n) is 10.3. The third-order valence-corrected chi connectivity index (χ3v) is 6.01. The molecule has 1 heterocycles. The van der Waals surface area contributed by atoms with Gasteiger partial charge in [-0.3, -0.25) is 0 Å². The molecule has 0 N–H and O–H groups in total. The number of ether oxygens (including phenoxy) is 3. The Bertz CT molecular complexity index is 1360. The SMILES string of the molecule is CCOc1cc(/C=C2\N=C(c3ccc(OC)cc3)OC2=O)ccc1OS(=O)(=O)c1ccccc1. The minimum atomic E-state index is -4.04. The lowest BCUT2D eigenvalue weighted by Gasteiger charge is -2.12. The highest BCUT2D eigenvalue weighted by Gasteiger charge is 2.25. The third kappa shape index (κ3) is 5.10. The molecular weight excluding hydrogens is 458 g/mol. The van der Waals surface area contributed by atoms with Crippen LogP contribution >= 0.6 is 0 Å². The number of cyclic esters (lactones) is 1. The van der Waals surface area contributed by atoms with E-state index in [9.17, 15) is 13.2 Å². The molecule has 34 heavy (non-hydrogen) atoms. The van der Waals surface area contributed by atoms with E-state index in [1.165, 1.54) is 24.3 Å². The van der Waals surface area contributed by atoms with E-state index in [2.05, 4.69) is 4.99 Å². The number of carbonyl (C=O) groups is 1. The lowest BCUT2D eigenvalue weighted by Crippen LogP contribution is -2.10. The first-order chi connectivity index (χ1) is 16.4. The van der Waals surface area contributed by atoms with Gasteiger partial charge in [-0.15, -0.1) is 0 Å². The van der Waals surface area contributed by atoms with Gasteiger partial charge in [0, 0.05) is 5.56 Å². The molecule has 174 valence electrons. The standard InChI is InChI=1S/C25H21NO7S/c1-3-31-23-16-17(9-14-22(23)33-34(28,29)20-7-5-4-6-8-20)15-21-25(27)32-24(26-21)18-10-12-19(30-2)13-11-18/h4-16H,3H2,1-2H3/b21-15-. The van der Waals surface area contributed by atoms with Crippen LogP contribution in [0.25, 0.3) is 6.08 Å². The summed E-state index contributed by atoms with van der Waals surface area (Å²) in [6.45, 7) is 2.05. The summed E-state index contributed by atoms with van der Waals surface area (Å²) in [4.78, 5) is 16.7. The number of carbonyl (C=O) groups excluding carboxylic acids is 1. The first-order valence-corrected chi connectivity index (χ1v) is 11.7. The highest BCUT2D eigenvalue weighted by molar-refractivity contribution is 7.87. The molecule has 0 bridgehead atoms. The average Bonchev–Trinajstić information content (AvgIpc) is 3.21. The molecule has 3 aromatic rings. The molecule has 0 atom stereocenters. The summed E-state index contributed by atoms with van der Waals surface area (Å²) in [7, 11) is -2.48. The second-order valence-corrected chi connectivity index (χ2v) is 8.60. The van der Waals surface area contributed by atoms with Crippen LogP contribution in [-0.2, 0) is 19.6 Å². The first kappa shape index (κ1) is 23.1. The number of methoxy groups -OCH3 is 1. The molecule has 0 amide bonds. The highest BCUT2D eigenvalue weighted by Crippen LogP contribution is 2.32. The van der Waals surface area contributed by atoms with Crippen molar-refractivity contribution >= 4 is 28.1 Å². The Morgan fingerprint density at radius 1 is 0.971 bits per heavy atom. The lowest BCUT2D eigenvalue weighted by molar-refractivity contribution is -0.129. The molecule has 1 aliphatic heterocycles. The zero-order chi connectivity index (χ0) is 24.1. The van der Waals surface area contributed by atoms with Crippen LogP contribution in [0.4, 0.5) is 0 Å². The maximum absolute atomic E-state index is 12.6. The van der Waals surface area contributed by atoms with E-state index in [-0.39, 0.29) is 34.6 Å². The van der Waals surface area contributed by atoms with E-state index in [1.54, 1.807) is 68.6 Å². The quantitative estimate of drug-likeness (QED) is 0.271. The molecule has 1 aliphatic rings. The summed E-state index contributed by atoms with van der Waals surface area (Å²) in [6, 6.07) is 19.4. The van der Waals surface area contributed by atoms with Gasteiger partial charge in [0.15, 0.2) is 17.2 Å². The summed E-state index contributed by atoms with van der Waals surface area (Å²) >= 11 is 0. The van der Waals surface area contributed by atoms with Crippen molar-refractivity contribution in [1.82, 2.24) is 0 Å². The Hall–Kier alpha value is -4.11. The fourth-order valence-corrected chi connectivity index (χ4v) is 4.09. The van der Waals surface area contributed by atoms with E-state index < -0.39 is 16.1 Å². The number of esters is 1. The molecule has 0 unspecified atom stereocenters. The fraction of sp³-hybridized carbons (Fsp3) is 0.120. The fourth-order valence-electron chi connectivity index (χ4n) is 3.13. The van der Waals surface area contributed by atoms with Gasteiger partial charge in [-0.1, -0.05) is 24.3 Å². The van der Waals surface area contributed by atoms with Crippen molar-refractivity contribution in [2.75, 3.05) is 13.7 Å². The molecule has 4 rings (SSSR count). The van der Waals surface area contributed by atoms with Crippen molar-refractivity contribution in [2.24, 2.45) is 4.99 Å². The van der Waals surface area contributed by atoms with Crippen LogP contribution in [-0.4, -0.2) is 34.0 Å². The summed E-state index contributed by atoms with van der Waals surface area (Å²) < 4.78 is 46.5. The van der Waals surface area contributed by atoms with Crippen molar-refractivity contribution in [3.8, 4) is 17.2 Å². The van der Waals surface area contributed by atoms with Crippen LogP contribution < -0.4 is 13.7 Å². The van der Waals surface area contributed by atoms with Gasteiger partial charge in [-0.2, -0.15) is 8.42 Å². The van der Waals surface area contributed by atoms with Crippen LogP contribution in [0.5, 0.6) is 17.2 Å². The van der Waals surface area contributed by atoms with Crippen molar-refractivity contribution < 1.29 is 31.6 Å². The maximum Gasteiger partial charge on any atom is 0.363 e. The van der Waals surface area contributed by atoms with Gasteiger partial charge in [0.1, 0.15) is 10.6 Å². The van der Waals surface area contributed by atoms with Crippen molar-refractivity contribution in [3.63, 3.8) is 0 Å². The molecule has 0 aromatic heterocycles. The molecule has 9 heteroatoms. The highest BCUT2D eigenvalue weighted by atomic mass is 32.2. The molecular formula is C25H21NO7S. The van der Waals surface area contributed by atoms with Gasteiger partial charge in [0.05, 0.1) is 13.7 Å². The minimum absolute atomic E-state index is 0.0257. The topological polar surface area (TPSA) is 100 Å². The van der Waals surface area contributed by atoms with Crippen LogP contribution in [0.1, 0.15) is 18.1 Å². The normalized spacial score (nSPS) is 14.5. The summed E-state index contributed by atoms with van der Waals surface area (Å²) in [6.07, 6.45) is 1.52. The molecule has 0 saturated heterocycles. The zero-order valence-corrected chi connectivity index (χ0v) is 19.2. The van der Waals surface area contributed by atoms with Gasteiger partial charge >= 0.3 is 16.1 Å². The third-order valence-electron chi connectivity index (χ3n) is 4.76. The number of hydrogen-bond acceptors (Lipinski definition) is 8. The number of rotatable bonds is 8. The minimum Gasteiger partial charge on any atom is -0.497 e. The molecule has 0 spiro atoms. The van der Waals surface area contributed by atoms with E-state index in [0.29, 0.717) is 16.9 Å². The van der Waals surface area contributed by atoms with E-state index >= 15 is 0 Å². The van der Waals surface area contributed by atoms with E-state index in [4.69, 9.17) is 18.4 Å². The molecule has 0 aliphatic carbocycles. The van der Waals surface area contributed by atoms with Crippen molar-refractivity contribution in [1.29, 1.82) is 0 Å². The summed E-state index contributed by atoms with van der Waals surface area (Å²) in [5.74, 6) is 0.490. The molecule has 0 saturated carbocycles.